The first-order valence-corrected chi connectivity index (χ1v) is 13.5. The standard InChI is InChI=1S/C29H40N4O6/c34-26(35)9-5-1-3-7-19-30-28(38)32-24-15-11-22(12-16-24)21-23-13-17-25(18-14-23)33-29(39)31-20-8-4-2-6-10-27(36)37/h11-18H,1-10,19-21H2,(H,34,35)(H,36,37)(H2,30,32,38)(H2,31,33,39). The molecule has 2 aromatic carbocycles. The zero-order valence-electron chi connectivity index (χ0n) is 22.3. The third-order valence-corrected chi connectivity index (χ3v) is 6.04. The van der Waals surface area contributed by atoms with Gasteiger partial charge in [0.15, 0.2) is 0 Å². The molecular weight excluding hydrogens is 500 g/mol. The topological polar surface area (TPSA) is 157 Å². The highest BCUT2D eigenvalue weighted by Gasteiger charge is 2.05. The Labute approximate surface area is 229 Å². The lowest BCUT2D eigenvalue weighted by molar-refractivity contribution is -0.138. The molecule has 0 bridgehead atoms. The maximum Gasteiger partial charge on any atom is 0.319 e. The zero-order valence-corrected chi connectivity index (χ0v) is 22.3. The van der Waals surface area contributed by atoms with Crippen molar-refractivity contribution in [2.24, 2.45) is 0 Å². The molecule has 0 aliphatic carbocycles. The minimum Gasteiger partial charge on any atom is -0.481 e. The number of benzene rings is 2. The predicted octanol–water partition coefficient (Wildman–Crippen LogP) is 5.59. The molecule has 2 rings (SSSR count). The number of aliphatic carboxylic acids is 2. The Morgan fingerprint density at radius 3 is 1.23 bits per heavy atom. The number of carboxylic acid groups (broad SMARTS) is 2. The lowest BCUT2D eigenvalue weighted by Gasteiger charge is -2.10. The van der Waals surface area contributed by atoms with Crippen LogP contribution in [0.5, 0.6) is 0 Å². The van der Waals surface area contributed by atoms with Crippen molar-refractivity contribution in [2.75, 3.05) is 23.7 Å². The molecular formula is C29H40N4O6. The average Bonchev–Trinajstić information content (AvgIpc) is 2.89. The number of rotatable bonds is 18. The van der Waals surface area contributed by atoms with Crippen LogP contribution >= 0.6 is 0 Å². The number of nitrogens with one attached hydrogen (secondary N) is 4. The van der Waals surface area contributed by atoms with Gasteiger partial charge in [0.25, 0.3) is 0 Å². The first-order valence-electron chi connectivity index (χ1n) is 13.5. The van der Waals surface area contributed by atoms with E-state index in [1.165, 1.54) is 0 Å². The van der Waals surface area contributed by atoms with Gasteiger partial charge < -0.3 is 31.5 Å². The van der Waals surface area contributed by atoms with Crippen molar-refractivity contribution in [1.82, 2.24) is 10.6 Å². The van der Waals surface area contributed by atoms with Gasteiger partial charge in [-0.2, -0.15) is 0 Å². The lowest BCUT2D eigenvalue weighted by Crippen LogP contribution is -2.29. The van der Waals surface area contributed by atoms with Gasteiger partial charge in [0.2, 0.25) is 0 Å². The van der Waals surface area contributed by atoms with Crippen LogP contribution in [0.2, 0.25) is 0 Å². The Kier molecular flexibility index (Phi) is 14.5. The summed E-state index contributed by atoms with van der Waals surface area (Å²) in [6.45, 7) is 1.08. The summed E-state index contributed by atoms with van der Waals surface area (Å²) in [6, 6.07) is 14.7. The van der Waals surface area contributed by atoms with Crippen LogP contribution in [0.15, 0.2) is 48.5 Å². The van der Waals surface area contributed by atoms with Crippen LogP contribution in [0.4, 0.5) is 21.0 Å². The average molecular weight is 541 g/mol. The fourth-order valence-electron chi connectivity index (χ4n) is 3.91. The molecule has 0 aliphatic rings. The Bertz CT molecular complexity index is 957. The van der Waals surface area contributed by atoms with Gasteiger partial charge in [-0.25, -0.2) is 9.59 Å². The van der Waals surface area contributed by atoms with E-state index in [4.69, 9.17) is 10.2 Å². The monoisotopic (exact) mass is 540 g/mol. The minimum atomic E-state index is -0.776. The van der Waals surface area contributed by atoms with Crippen LogP contribution < -0.4 is 21.3 Å². The summed E-state index contributed by atoms with van der Waals surface area (Å²) in [6.07, 6.45) is 7.46. The van der Waals surface area contributed by atoms with Crippen LogP contribution in [0.3, 0.4) is 0 Å². The second-order valence-corrected chi connectivity index (χ2v) is 9.45. The molecule has 0 unspecified atom stereocenters. The van der Waals surface area contributed by atoms with E-state index in [0.717, 1.165) is 49.7 Å². The second kappa shape index (κ2) is 18.2. The lowest BCUT2D eigenvalue weighted by atomic mass is 10.0. The molecule has 10 nitrogen and oxygen atoms in total. The predicted molar refractivity (Wildman–Crippen MR) is 151 cm³/mol. The molecule has 0 radical (unpaired) electrons. The van der Waals surface area contributed by atoms with Gasteiger partial charge in [-0.05, 0) is 67.5 Å². The number of amides is 4. The number of carbonyl (C=O) groups is 4. The van der Waals surface area contributed by atoms with Crippen molar-refractivity contribution in [3.8, 4) is 0 Å². The van der Waals surface area contributed by atoms with E-state index in [0.29, 0.717) is 43.7 Å². The normalized spacial score (nSPS) is 10.5. The summed E-state index contributed by atoms with van der Waals surface area (Å²) in [5.74, 6) is -1.55. The number of carbonyl (C=O) groups excluding carboxylic acids is 2. The molecule has 2 aromatic rings. The Hall–Kier alpha value is -4.08. The van der Waals surface area contributed by atoms with Crippen molar-refractivity contribution in [3.63, 3.8) is 0 Å². The SMILES string of the molecule is O=C(O)CCCCCCNC(=O)Nc1ccc(Cc2ccc(NC(=O)NCCCCCCC(=O)O)cc2)cc1. The van der Waals surface area contributed by atoms with Crippen LogP contribution in [0, 0.1) is 0 Å². The van der Waals surface area contributed by atoms with E-state index in [9.17, 15) is 19.2 Å². The zero-order chi connectivity index (χ0) is 28.3. The van der Waals surface area contributed by atoms with Gasteiger partial charge in [0.05, 0.1) is 0 Å². The van der Waals surface area contributed by atoms with E-state index >= 15 is 0 Å². The van der Waals surface area contributed by atoms with Gasteiger partial charge in [-0.1, -0.05) is 49.9 Å². The van der Waals surface area contributed by atoms with Crippen LogP contribution in [-0.4, -0.2) is 47.3 Å². The fourth-order valence-corrected chi connectivity index (χ4v) is 3.91. The number of unbranched alkanes of at least 4 members (excludes halogenated alkanes) is 6. The maximum absolute atomic E-state index is 12.1. The summed E-state index contributed by atoms with van der Waals surface area (Å²) < 4.78 is 0. The Balaban J connectivity index is 1.62. The van der Waals surface area contributed by atoms with E-state index in [-0.39, 0.29) is 24.9 Å². The minimum absolute atomic E-state index is 0.187. The summed E-state index contributed by atoms with van der Waals surface area (Å²) in [7, 11) is 0. The number of hydrogen-bond donors (Lipinski definition) is 6. The molecule has 212 valence electrons. The van der Waals surface area contributed by atoms with Crippen molar-refractivity contribution in [2.45, 2.75) is 70.6 Å². The van der Waals surface area contributed by atoms with Gasteiger partial charge in [0.1, 0.15) is 0 Å². The molecule has 0 fully saturated rings. The number of carboxylic acids is 2. The first-order chi connectivity index (χ1) is 18.8. The third-order valence-electron chi connectivity index (χ3n) is 6.04. The highest BCUT2D eigenvalue weighted by atomic mass is 16.4. The largest absolute Gasteiger partial charge is 0.481 e. The van der Waals surface area contributed by atoms with Crippen molar-refractivity contribution in [1.29, 1.82) is 0 Å². The van der Waals surface area contributed by atoms with Gasteiger partial charge in [-0.15, -0.1) is 0 Å². The second-order valence-electron chi connectivity index (χ2n) is 9.45. The Morgan fingerprint density at radius 1 is 0.513 bits per heavy atom. The molecule has 0 atom stereocenters. The summed E-state index contributed by atoms with van der Waals surface area (Å²) in [5, 5.41) is 28.5. The molecule has 10 heteroatoms. The van der Waals surface area contributed by atoms with Crippen LogP contribution in [0.1, 0.15) is 75.3 Å². The molecule has 6 N–H and O–H groups in total. The molecule has 0 saturated carbocycles. The third kappa shape index (κ3) is 15.1. The van der Waals surface area contributed by atoms with Crippen LogP contribution in [0.25, 0.3) is 0 Å². The molecule has 0 heterocycles. The van der Waals surface area contributed by atoms with Gasteiger partial charge in [0, 0.05) is 37.3 Å². The Morgan fingerprint density at radius 2 is 0.872 bits per heavy atom. The number of hydrogen-bond acceptors (Lipinski definition) is 4. The summed E-state index contributed by atoms with van der Waals surface area (Å²) in [4.78, 5) is 45.1. The van der Waals surface area contributed by atoms with Crippen molar-refractivity contribution < 1.29 is 29.4 Å². The molecule has 0 aliphatic heterocycles. The molecule has 0 spiro atoms. The van der Waals surface area contributed by atoms with E-state index in [2.05, 4.69) is 21.3 Å². The quantitative estimate of drug-likeness (QED) is 0.135. The van der Waals surface area contributed by atoms with Gasteiger partial charge >= 0.3 is 24.0 Å². The highest BCUT2D eigenvalue weighted by molar-refractivity contribution is 5.89. The fraction of sp³-hybridized carbons (Fsp3) is 0.448. The van der Waals surface area contributed by atoms with Crippen LogP contribution in [-0.2, 0) is 16.0 Å². The summed E-state index contributed by atoms with van der Waals surface area (Å²) in [5.41, 5.74) is 3.57. The molecule has 4 amide bonds. The number of anilines is 2. The molecule has 0 saturated heterocycles. The van der Waals surface area contributed by atoms with E-state index in [1.807, 2.05) is 48.5 Å². The smallest absolute Gasteiger partial charge is 0.319 e. The molecule has 0 aromatic heterocycles. The number of urea groups is 2. The molecule has 39 heavy (non-hydrogen) atoms. The van der Waals surface area contributed by atoms with Gasteiger partial charge in [-0.3, -0.25) is 9.59 Å². The van der Waals surface area contributed by atoms with Crippen molar-refractivity contribution in [3.05, 3.63) is 59.7 Å². The summed E-state index contributed by atoms with van der Waals surface area (Å²) >= 11 is 0. The maximum atomic E-state index is 12.1. The van der Waals surface area contributed by atoms with E-state index < -0.39 is 11.9 Å². The highest BCUT2D eigenvalue weighted by Crippen LogP contribution is 2.16. The first kappa shape index (κ1) is 31.1. The van der Waals surface area contributed by atoms with Crippen molar-refractivity contribution >= 4 is 35.4 Å². The van der Waals surface area contributed by atoms with E-state index in [1.54, 1.807) is 0 Å².